The van der Waals surface area contributed by atoms with Crippen LogP contribution >= 0.6 is 11.6 Å². The van der Waals surface area contributed by atoms with Crippen LogP contribution in [0.1, 0.15) is 24.8 Å². The van der Waals surface area contributed by atoms with Gasteiger partial charge in [0.2, 0.25) is 0 Å². The maximum Gasteiger partial charge on any atom is 0.339 e. The van der Waals surface area contributed by atoms with Gasteiger partial charge < -0.3 is 24.1 Å². The van der Waals surface area contributed by atoms with E-state index in [1.54, 1.807) is 13.2 Å². The van der Waals surface area contributed by atoms with E-state index < -0.39 is 0 Å². The SMILES string of the molecule is COCCOc1cccc(Cn2ccc3c2=CCC(NC2=C(C(=O)OC)C=C(Cl)CC2)C=3)c1. The van der Waals surface area contributed by atoms with E-state index in [0.29, 0.717) is 30.2 Å². The van der Waals surface area contributed by atoms with Crippen molar-refractivity contribution in [3.8, 4) is 5.75 Å². The van der Waals surface area contributed by atoms with Crippen molar-refractivity contribution in [2.75, 3.05) is 27.4 Å². The molecule has 0 radical (unpaired) electrons. The fourth-order valence-corrected chi connectivity index (χ4v) is 4.38. The highest BCUT2D eigenvalue weighted by Crippen LogP contribution is 2.26. The van der Waals surface area contributed by atoms with E-state index in [1.165, 1.54) is 23.2 Å². The van der Waals surface area contributed by atoms with Crippen molar-refractivity contribution in [2.24, 2.45) is 0 Å². The molecule has 6 nitrogen and oxygen atoms in total. The summed E-state index contributed by atoms with van der Waals surface area (Å²) in [7, 11) is 3.06. The smallest absolute Gasteiger partial charge is 0.339 e. The average Bonchev–Trinajstić information content (AvgIpc) is 3.22. The Bertz CT molecular complexity index is 1200. The molecule has 4 rings (SSSR count). The van der Waals surface area contributed by atoms with Crippen molar-refractivity contribution in [3.63, 3.8) is 0 Å². The van der Waals surface area contributed by atoms with E-state index in [4.69, 9.17) is 25.8 Å². The second-order valence-electron chi connectivity index (χ2n) is 8.11. The maximum atomic E-state index is 12.2. The van der Waals surface area contributed by atoms with Gasteiger partial charge in [0, 0.05) is 42.0 Å². The molecular weight excluding hydrogens is 440 g/mol. The Kier molecular flexibility index (Phi) is 7.57. The van der Waals surface area contributed by atoms with Crippen LogP contribution in [0, 0.1) is 0 Å². The molecule has 0 saturated heterocycles. The van der Waals surface area contributed by atoms with Gasteiger partial charge in [0.1, 0.15) is 12.4 Å². The Morgan fingerprint density at radius 3 is 2.91 bits per heavy atom. The summed E-state index contributed by atoms with van der Waals surface area (Å²) in [5.41, 5.74) is 2.57. The first kappa shape index (κ1) is 23.2. The summed E-state index contributed by atoms with van der Waals surface area (Å²) in [6.45, 7) is 1.86. The molecule has 1 heterocycles. The van der Waals surface area contributed by atoms with Crippen molar-refractivity contribution < 1.29 is 19.0 Å². The van der Waals surface area contributed by atoms with E-state index in [9.17, 15) is 4.79 Å². The van der Waals surface area contributed by atoms with Gasteiger partial charge in [-0.15, -0.1) is 0 Å². The van der Waals surface area contributed by atoms with Crippen LogP contribution < -0.4 is 20.6 Å². The van der Waals surface area contributed by atoms with Crippen LogP contribution in [0.5, 0.6) is 5.75 Å². The number of aromatic nitrogens is 1. The highest BCUT2D eigenvalue weighted by Gasteiger charge is 2.21. The monoisotopic (exact) mass is 468 g/mol. The number of rotatable bonds is 9. The van der Waals surface area contributed by atoms with Crippen LogP contribution in [-0.4, -0.2) is 44.0 Å². The number of carbonyl (C=O) groups excluding carboxylic acids is 1. The molecule has 1 N–H and O–H groups in total. The van der Waals surface area contributed by atoms with Crippen LogP contribution in [0.3, 0.4) is 0 Å². The number of halogens is 1. The number of hydrogen-bond acceptors (Lipinski definition) is 5. The third kappa shape index (κ3) is 5.70. The molecule has 0 aliphatic heterocycles. The van der Waals surface area contributed by atoms with Gasteiger partial charge >= 0.3 is 5.97 Å². The summed E-state index contributed by atoms with van der Waals surface area (Å²) in [5, 5.41) is 6.58. The van der Waals surface area contributed by atoms with E-state index in [2.05, 4.69) is 46.4 Å². The van der Waals surface area contributed by atoms with Crippen LogP contribution in [-0.2, 0) is 20.8 Å². The van der Waals surface area contributed by atoms with E-state index in [-0.39, 0.29) is 12.0 Å². The lowest BCUT2D eigenvalue weighted by molar-refractivity contribution is -0.135. The van der Waals surface area contributed by atoms with Crippen molar-refractivity contribution in [1.29, 1.82) is 0 Å². The van der Waals surface area contributed by atoms with Gasteiger partial charge in [0.15, 0.2) is 0 Å². The van der Waals surface area contributed by atoms with Crippen molar-refractivity contribution in [3.05, 3.63) is 75.0 Å². The van der Waals surface area contributed by atoms with Crippen molar-refractivity contribution >= 4 is 29.7 Å². The van der Waals surface area contributed by atoms with Gasteiger partial charge in [-0.05, 0) is 54.3 Å². The number of nitrogens with one attached hydrogen (secondary N) is 1. The van der Waals surface area contributed by atoms with E-state index in [0.717, 1.165) is 30.8 Å². The summed E-state index contributed by atoms with van der Waals surface area (Å²) in [6.07, 6.45) is 10.5. The molecule has 0 spiro atoms. The Balaban J connectivity index is 1.49. The molecule has 2 aromatic rings. The molecule has 2 aliphatic rings. The van der Waals surface area contributed by atoms with Crippen LogP contribution in [0.15, 0.2) is 58.9 Å². The topological polar surface area (TPSA) is 61.7 Å². The summed E-state index contributed by atoms with van der Waals surface area (Å²) in [4.78, 5) is 12.2. The van der Waals surface area contributed by atoms with Gasteiger partial charge in [-0.3, -0.25) is 0 Å². The molecule has 0 fully saturated rings. The second-order valence-corrected chi connectivity index (χ2v) is 8.59. The third-order valence-corrected chi connectivity index (χ3v) is 6.10. The number of nitrogens with zero attached hydrogens (tertiary/aromatic N) is 1. The first-order valence-corrected chi connectivity index (χ1v) is 11.5. The number of esters is 1. The highest BCUT2D eigenvalue weighted by molar-refractivity contribution is 6.30. The lowest BCUT2D eigenvalue weighted by atomic mass is 10.0. The number of carbonyl (C=O) groups is 1. The normalized spacial score (nSPS) is 17.4. The summed E-state index contributed by atoms with van der Waals surface area (Å²) < 4.78 is 18.0. The number of allylic oxidation sites excluding steroid dienone is 2. The second kappa shape index (κ2) is 10.8. The van der Waals surface area contributed by atoms with Gasteiger partial charge in [0.05, 0.1) is 19.3 Å². The minimum atomic E-state index is -0.365. The fraction of sp³-hybridized carbons (Fsp3) is 0.346. The fourth-order valence-electron chi connectivity index (χ4n) is 4.17. The molecule has 1 aromatic carbocycles. The molecule has 1 atom stereocenters. The molecule has 0 bridgehead atoms. The first-order valence-electron chi connectivity index (χ1n) is 11.1. The molecular formula is C26H29ClN2O4. The van der Waals surface area contributed by atoms with Gasteiger partial charge in [0.25, 0.3) is 0 Å². The van der Waals surface area contributed by atoms with Gasteiger partial charge in [-0.25, -0.2) is 4.79 Å². The zero-order valence-corrected chi connectivity index (χ0v) is 19.7. The van der Waals surface area contributed by atoms with Gasteiger partial charge in [-0.1, -0.05) is 35.9 Å². The Labute approximate surface area is 198 Å². The zero-order chi connectivity index (χ0) is 23.2. The number of hydrogen-bond donors (Lipinski definition) is 1. The van der Waals surface area contributed by atoms with E-state index in [1.807, 2.05) is 12.1 Å². The van der Waals surface area contributed by atoms with Crippen molar-refractivity contribution in [2.45, 2.75) is 31.8 Å². The molecule has 7 heteroatoms. The summed E-state index contributed by atoms with van der Waals surface area (Å²) in [6, 6.07) is 10.4. The number of methoxy groups -OCH3 is 2. The average molecular weight is 469 g/mol. The molecule has 0 amide bonds. The summed E-state index contributed by atoms with van der Waals surface area (Å²) in [5.74, 6) is 0.483. The molecule has 2 aliphatic carbocycles. The standard InChI is InChI=1S/C26H29ClN2O4/c1-31-12-13-33-22-5-3-4-18(14-22)17-29-11-10-19-15-21(7-9-25(19)29)28-24-8-6-20(27)16-23(24)26(30)32-2/h3-5,9-11,14-16,21,28H,6-8,12-13,17H2,1-2H3. The number of fused-ring (bicyclic) bond motifs is 1. The maximum absolute atomic E-state index is 12.2. The largest absolute Gasteiger partial charge is 0.491 e. The zero-order valence-electron chi connectivity index (χ0n) is 19.0. The van der Waals surface area contributed by atoms with Crippen LogP contribution in [0.25, 0.3) is 12.2 Å². The Hall–Kier alpha value is -2.96. The van der Waals surface area contributed by atoms with Crippen molar-refractivity contribution in [1.82, 2.24) is 9.88 Å². The van der Waals surface area contributed by atoms with Gasteiger partial charge in [-0.2, -0.15) is 0 Å². The minimum absolute atomic E-state index is 0.103. The molecule has 1 aromatic heterocycles. The number of ether oxygens (including phenoxy) is 3. The van der Waals surface area contributed by atoms with Crippen LogP contribution in [0.2, 0.25) is 0 Å². The minimum Gasteiger partial charge on any atom is -0.491 e. The first-order chi connectivity index (χ1) is 16.1. The predicted octanol–water partition coefficient (Wildman–Crippen LogP) is 2.83. The summed E-state index contributed by atoms with van der Waals surface area (Å²) >= 11 is 6.16. The Morgan fingerprint density at radius 1 is 1.21 bits per heavy atom. The molecule has 0 saturated carbocycles. The molecule has 1 unspecified atom stereocenters. The predicted molar refractivity (Wildman–Crippen MR) is 129 cm³/mol. The molecule has 33 heavy (non-hydrogen) atoms. The number of benzene rings is 1. The van der Waals surface area contributed by atoms with E-state index >= 15 is 0 Å². The third-order valence-electron chi connectivity index (χ3n) is 5.80. The Morgan fingerprint density at radius 2 is 2.09 bits per heavy atom. The lowest BCUT2D eigenvalue weighted by Crippen LogP contribution is -2.39. The highest BCUT2D eigenvalue weighted by atomic mass is 35.5. The molecule has 174 valence electrons. The van der Waals surface area contributed by atoms with Crippen LogP contribution in [0.4, 0.5) is 0 Å². The quantitative estimate of drug-likeness (QED) is 0.453. The lowest BCUT2D eigenvalue weighted by Gasteiger charge is -2.23.